The molecule has 0 saturated heterocycles. The highest BCUT2D eigenvalue weighted by molar-refractivity contribution is 5.87. The number of hydrogen-bond acceptors (Lipinski definition) is 6. The van der Waals surface area contributed by atoms with E-state index in [9.17, 15) is 4.79 Å². The highest BCUT2D eigenvalue weighted by Gasteiger charge is 2.10. The van der Waals surface area contributed by atoms with Gasteiger partial charge in [-0.2, -0.15) is 5.26 Å². The van der Waals surface area contributed by atoms with Crippen molar-refractivity contribution < 1.29 is 18.5 Å². The summed E-state index contributed by atoms with van der Waals surface area (Å²) in [6.07, 6.45) is 4.46. The van der Waals surface area contributed by atoms with Crippen LogP contribution in [0.2, 0.25) is 0 Å². The highest BCUT2D eigenvalue weighted by atomic mass is 16.5. The summed E-state index contributed by atoms with van der Waals surface area (Å²) in [5.74, 6) is 0.530. The molecule has 0 spiro atoms. The molecule has 24 heavy (non-hydrogen) atoms. The highest BCUT2D eigenvalue weighted by Crippen LogP contribution is 2.20. The van der Waals surface area contributed by atoms with Gasteiger partial charge in [0.05, 0.1) is 17.9 Å². The molecule has 0 saturated carbocycles. The van der Waals surface area contributed by atoms with Crippen molar-refractivity contribution in [3.8, 4) is 17.6 Å². The van der Waals surface area contributed by atoms with Gasteiger partial charge in [-0.3, -0.25) is 0 Å². The zero-order valence-corrected chi connectivity index (χ0v) is 12.5. The summed E-state index contributed by atoms with van der Waals surface area (Å²) >= 11 is 0. The minimum Gasteiger partial charge on any atom is -0.461 e. The number of nitriles is 1. The summed E-state index contributed by atoms with van der Waals surface area (Å²) in [5.41, 5.74) is 1.85. The molecule has 0 bridgehead atoms. The van der Waals surface area contributed by atoms with Crippen molar-refractivity contribution in [2.45, 2.75) is 6.61 Å². The quantitative estimate of drug-likeness (QED) is 0.527. The van der Waals surface area contributed by atoms with E-state index in [0.29, 0.717) is 22.8 Å². The van der Waals surface area contributed by atoms with Gasteiger partial charge in [0.15, 0.2) is 5.76 Å². The first-order valence-corrected chi connectivity index (χ1v) is 7.09. The molecular weight excluding hydrogens is 308 g/mol. The smallest absolute Gasteiger partial charge is 0.331 e. The first-order valence-electron chi connectivity index (χ1n) is 7.09. The lowest BCUT2D eigenvalue weighted by Crippen LogP contribution is -2.00. The van der Waals surface area contributed by atoms with Gasteiger partial charge in [0.2, 0.25) is 5.76 Å². The SMILES string of the molecule is N#Cc1ccc(/C=C/C(=O)OCc2cc(-c3ccco3)on2)cc1. The van der Waals surface area contributed by atoms with Gasteiger partial charge in [0.25, 0.3) is 0 Å². The third kappa shape index (κ3) is 3.78. The second-order valence-electron chi connectivity index (χ2n) is 4.83. The van der Waals surface area contributed by atoms with Crippen molar-refractivity contribution in [1.29, 1.82) is 5.26 Å². The fourth-order valence-electron chi connectivity index (χ4n) is 1.94. The van der Waals surface area contributed by atoms with E-state index in [-0.39, 0.29) is 6.61 Å². The molecule has 0 atom stereocenters. The number of ether oxygens (including phenoxy) is 1. The van der Waals surface area contributed by atoms with Gasteiger partial charge < -0.3 is 13.7 Å². The van der Waals surface area contributed by atoms with Gasteiger partial charge in [-0.25, -0.2) is 4.79 Å². The number of carbonyl (C=O) groups excluding carboxylic acids is 1. The van der Waals surface area contributed by atoms with E-state index in [1.54, 1.807) is 48.5 Å². The van der Waals surface area contributed by atoms with E-state index in [1.807, 2.05) is 6.07 Å². The molecule has 0 radical (unpaired) electrons. The number of nitrogens with zero attached hydrogens (tertiary/aromatic N) is 2. The Morgan fingerprint density at radius 1 is 1.25 bits per heavy atom. The number of furan rings is 1. The Hall–Kier alpha value is -3.59. The van der Waals surface area contributed by atoms with Crippen molar-refractivity contribution in [2.75, 3.05) is 0 Å². The van der Waals surface area contributed by atoms with Crippen LogP contribution < -0.4 is 0 Å². The Kier molecular flexibility index (Phi) is 4.54. The topological polar surface area (TPSA) is 89.3 Å². The van der Waals surface area contributed by atoms with Crippen LogP contribution in [0, 0.1) is 11.3 Å². The average Bonchev–Trinajstić information content (AvgIpc) is 3.29. The molecule has 0 aliphatic heterocycles. The summed E-state index contributed by atoms with van der Waals surface area (Å²) in [6.45, 7) is 0.000746. The van der Waals surface area contributed by atoms with E-state index in [1.165, 1.54) is 12.3 Å². The molecule has 0 fully saturated rings. The number of esters is 1. The van der Waals surface area contributed by atoms with Crippen LogP contribution in [-0.2, 0) is 16.1 Å². The third-order valence-electron chi connectivity index (χ3n) is 3.14. The normalized spacial score (nSPS) is 10.6. The van der Waals surface area contributed by atoms with Crippen molar-refractivity contribution in [3.05, 3.63) is 71.6 Å². The molecule has 6 heteroatoms. The zero-order valence-electron chi connectivity index (χ0n) is 12.5. The van der Waals surface area contributed by atoms with Gasteiger partial charge in [0.1, 0.15) is 12.3 Å². The maximum atomic E-state index is 11.7. The summed E-state index contributed by atoms with van der Waals surface area (Å²) in [5, 5.41) is 12.5. The monoisotopic (exact) mass is 320 g/mol. The van der Waals surface area contributed by atoms with E-state index in [2.05, 4.69) is 5.16 Å². The average molecular weight is 320 g/mol. The largest absolute Gasteiger partial charge is 0.461 e. The lowest BCUT2D eigenvalue weighted by Gasteiger charge is -1.97. The molecule has 0 aliphatic carbocycles. The molecule has 0 N–H and O–H groups in total. The van der Waals surface area contributed by atoms with Crippen molar-refractivity contribution in [1.82, 2.24) is 5.16 Å². The van der Waals surface area contributed by atoms with Crippen LogP contribution in [0.1, 0.15) is 16.8 Å². The molecule has 0 amide bonds. The van der Waals surface area contributed by atoms with Gasteiger partial charge in [-0.15, -0.1) is 0 Å². The molecule has 118 valence electrons. The summed E-state index contributed by atoms with van der Waals surface area (Å²) in [4.78, 5) is 11.7. The van der Waals surface area contributed by atoms with E-state index >= 15 is 0 Å². The first kappa shape index (κ1) is 15.3. The van der Waals surface area contributed by atoms with Crippen LogP contribution in [0.25, 0.3) is 17.6 Å². The Morgan fingerprint density at radius 2 is 2.08 bits per heavy atom. The van der Waals surface area contributed by atoms with Crippen molar-refractivity contribution in [2.24, 2.45) is 0 Å². The summed E-state index contributed by atoms with van der Waals surface area (Å²) in [7, 11) is 0. The molecular formula is C18H12N2O4. The minimum atomic E-state index is -0.498. The summed E-state index contributed by atoms with van der Waals surface area (Å²) in [6, 6.07) is 14.0. The maximum Gasteiger partial charge on any atom is 0.331 e. The van der Waals surface area contributed by atoms with E-state index < -0.39 is 5.97 Å². The van der Waals surface area contributed by atoms with E-state index in [4.69, 9.17) is 18.9 Å². The second kappa shape index (κ2) is 7.11. The molecule has 3 aromatic rings. The maximum absolute atomic E-state index is 11.7. The minimum absolute atomic E-state index is 0.000746. The van der Waals surface area contributed by atoms with Gasteiger partial charge >= 0.3 is 5.97 Å². The van der Waals surface area contributed by atoms with Crippen LogP contribution in [0.4, 0.5) is 0 Å². The lowest BCUT2D eigenvalue weighted by molar-refractivity contribution is -0.139. The van der Waals surface area contributed by atoms with Crippen LogP contribution in [0.5, 0.6) is 0 Å². The third-order valence-corrected chi connectivity index (χ3v) is 3.14. The Balaban J connectivity index is 1.53. The fourth-order valence-corrected chi connectivity index (χ4v) is 1.94. The predicted molar refractivity (Wildman–Crippen MR) is 84.2 cm³/mol. The second-order valence-corrected chi connectivity index (χ2v) is 4.83. The van der Waals surface area contributed by atoms with E-state index in [0.717, 1.165) is 5.56 Å². The van der Waals surface area contributed by atoms with Crippen molar-refractivity contribution in [3.63, 3.8) is 0 Å². The molecule has 1 aromatic carbocycles. The standard InChI is InChI=1S/C18H12N2O4/c19-11-14-5-3-13(4-6-14)7-8-18(21)23-12-15-10-17(24-20-15)16-2-1-9-22-16/h1-10H,12H2/b8-7+. The van der Waals surface area contributed by atoms with Crippen LogP contribution in [0.3, 0.4) is 0 Å². The molecule has 0 unspecified atom stereocenters. The van der Waals surface area contributed by atoms with Crippen LogP contribution in [-0.4, -0.2) is 11.1 Å². The first-order chi connectivity index (χ1) is 11.7. The molecule has 2 aromatic heterocycles. The Bertz CT molecular complexity index is 884. The number of hydrogen-bond donors (Lipinski definition) is 0. The predicted octanol–water partition coefficient (Wildman–Crippen LogP) is 3.56. The molecule has 3 rings (SSSR count). The molecule has 6 nitrogen and oxygen atoms in total. The summed E-state index contributed by atoms with van der Waals surface area (Å²) < 4.78 is 15.4. The van der Waals surface area contributed by atoms with Gasteiger partial charge in [0, 0.05) is 12.1 Å². The molecule has 2 heterocycles. The van der Waals surface area contributed by atoms with Crippen molar-refractivity contribution >= 4 is 12.0 Å². The Morgan fingerprint density at radius 3 is 2.79 bits per heavy atom. The zero-order chi connectivity index (χ0) is 16.8. The van der Waals surface area contributed by atoms with Gasteiger partial charge in [-0.05, 0) is 35.9 Å². The molecule has 0 aliphatic rings. The van der Waals surface area contributed by atoms with Gasteiger partial charge in [-0.1, -0.05) is 17.3 Å². The lowest BCUT2D eigenvalue weighted by atomic mass is 10.1. The Labute approximate surface area is 137 Å². The fraction of sp³-hybridized carbons (Fsp3) is 0.0556. The number of rotatable bonds is 5. The van der Waals surface area contributed by atoms with Crippen LogP contribution in [0.15, 0.2) is 63.7 Å². The number of benzene rings is 1. The number of carbonyl (C=O) groups is 1. The number of aromatic nitrogens is 1. The van der Waals surface area contributed by atoms with Crippen LogP contribution >= 0.6 is 0 Å².